The van der Waals surface area contributed by atoms with Crippen molar-refractivity contribution in [3.63, 3.8) is 0 Å². The van der Waals surface area contributed by atoms with Gasteiger partial charge in [-0.2, -0.15) is 0 Å². The quantitative estimate of drug-likeness (QED) is 0.746. The molecule has 3 aliphatic rings. The van der Waals surface area contributed by atoms with E-state index in [1.54, 1.807) is 11.8 Å². The number of hydrogen-bond donors (Lipinski definition) is 0. The van der Waals surface area contributed by atoms with E-state index in [2.05, 4.69) is 12.1 Å². The van der Waals surface area contributed by atoms with Gasteiger partial charge in [-0.1, -0.05) is 36.8 Å². The monoisotopic (exact) mass is 378 g/mol. The van der Waals surface area contributed by atoms with Crippen molar-refractivity contribution in [2.24, 2.45) is 0 Å². The van der Waals surface area contributed by atoms with E-state index < -0.39 is 12.1 Å². The molecule has 1 aliphatic carbocycles. The van der Waals surface area contributed by atoms with Gasteiger partial charge in [-0.25, -0.2) is 0 Å². The lowest BCUT2D eigenvalue weighted by Crippen LogP contribution is -2.51. The molecular weight excluding hydrogens is 352 g/mol. The molecule has 0 bridgehead atoms. The number of rotatable bonds is 4. The molecule has 0 N–H and O–H groups in total. The van der Waals surface area contributed by atoms with E-state index in [9.17, 15) is 4.79 Å². The van der Waals surface area contributed by atoms with Crippen LogP contribution in [0.25, 0.3) is 0 Å². The summed E-state index contributed by atoms with van der Waals surface area (Å²) in [4.78, 5) is 11.5. The van der Waals surface area contributed by atoms with Crippen molar-refractivity contribution in [1.29, 1.82) is 0 Å². The summed E-state index contributed by atoms with van der Waals surface area (Å²) in [6.45, 7) is 1.83. The summed E-state index contributed by atoms with van der Waals surface area (Å²) in [5.41, 5.74) is 1.23. The highest BCUT2D eigenvalue weighted by Crippen LogP contribution is 2.46. The largest absolute Gasteiger partial charge is 0.435 e. The minimum Gasteiger partial charge on any atom is -0.435 e. The Morgan fingerprint density at radius 1 is 1.19 bits per heavy atom. The zero-order valence-corrected chi connectivity index (χ0v) is 15.9. The molecule has 5 nitrogen and oxygen atoms in total. The molecule has 26 heavy (non-hydrogen) atoms. The molecule has 2 saturated heterocycles. The number of carbonyl (C=O) groups excluding carboxylic acids is 1. The van der Waals surface area contributed by atoms with E-state index in [0.29, 0.717) is 6.61 Å². The van der Waals surface area contributed by atoms with Gasteiger partial charge in [0.1, 0.15) is 12.2 Å². The maximum absolute atomic E-state index is 11.5. The molecule has 2 aliphatic heterocycles. The van der Waals surface area contributed by atoms with Crippen LogP contribution in [-0.4, -0.2) is 42.1 Å². The molecule has 1 aromatic rings. The van der Waals surface area contributed by atoms with Gasteiger partial charge in [0.15, 0.2) is 5.79 Å². The lowest BCUT2D eigenvalue weighted by Gasteiger charge is -2.36. The van der Waals surface area contributed by atoms with Gasteiger partial charge in [-0.15, -0.1) is 11.8 Å². The number of fused-ring (bicyclic) bond motifs is 1. The van der Waals surface area contributed by atoms with Gasteiger partial charge in [-0.3, -0.25) is 4.79 Å². The third kappa shape index (κ3) is 3.93. The van der Waals surface area contributed by atoms with Crippen LogP contribution in [0.15, 0.2) is 30.3 Å². The molecule has 0 amide bonds. The van der Waals surface area contributed by atoms with Crippen molar-refractivity contribution in [2.75, 3.05) is 6.61 Å². The molecule has 0 radical (unpaired) electrons. The fourth-order valence-corrected chi connectivity index (χ4v) is 5.36. The topological polar surface area (TPSA) is 54.0 Å². The molecule has 142 valence electrons. The molecule has 1 saturated carbocycles. The van der Waals surface area contributed by atoms with Gasteiger partial charge in [0.2, 0.25) is 6.29 Å². The summed E-state index contributed by atoms with van der Waals surface area (Å²) in [6, 6.07) is 10.3. The van der Waals surface area contributed by atoms with E-state index >= 15 is 0 Å². The van der Waals surface area contributed by atoms with E-state index in [4.69, 9.17) is 18.9 Å². The zero-order chi connectivity index (χ0) is 18.0. The molecule has 1 aromatic carbocycles. The third-order valence-electron chi connectivity index (χ3n) is 5.28. The summed E-state index contributed by atoms with van der Waals surface area (Å²) >= 11 is 1.72. The summed E-state index contributed by atoms with van der Waals surface area (Å²) in [5, 5.41) is -0.0980. The lowest BCUT2D eigenvalue weighted by molar-refractivity contribution is -0.199. The SMILES string of the molecule is CC(=O)O[C@@H]1OC[C@H]2OC3(CCCCC3)O[C@@H]2[C@H]1SCc1ccccc1. The average molecular weight is 378 g/mol. The smallest absolute Gasteiger partial charge is 0.304 e. The molecule has 0 unspecified atom stereocenters. The number of esters is 1. The Morgan fingerprint density at radius 2 is 1.96 bits per heavy atom. The molecule has 0 aromatic heterocycles. The van der Waals surface area contributed by atoms with Crippen LogP contribution in [0.3, 0.4) is 0 Å². The summed E-state index contributed by atoms with van der Waals surface area (Å²) < 4.78 is 24.1. The van der Waals surface area contributed by atoms with Gasteiger partial charge in [-0.05, 0) is 18.4 Å². The first-order valence-electron chi connectivity index (χ1n) is 9.45. The van der Waals surface area contributed by atoms with Crippen LogP contribution in [0.4, 0.5) is 0 Å². The third-order valence-corrected chi connectivity index (χ3v) is 6.66. The normalized spacial score (nSPS) is 33.0. The number of thioether (sulfide) groups is 1. The fourth-order valence-electron chi connectivity index (χ4n) is 4.07. The van der Waals surface area contributed by atoms with E-state index in [1.165, 1.54) is 18.9 Å². The Balaban J connectivity index is 1.50. The van der Waals surface area contributed by atoms with Crippen molar-refractivity contribution >= 4 is 17.7 Å². The highest BCUT2D eigenvalue weighted by molar-refractivity contribution is 7.99. The van der Waals surface area contributed by atoms with Gasteiger partial charge in [0, 0.05) is 25.5 Å². The molecule has 4 rings (SSSR count). The summed E-state index contributed by atoms with van der Waals surface area (Å²) in [5.74, 6) is 0.0184. The van der Waals surface area contributed by atoms with Gasteiger partial charge < -0.3 is 18.9 Å². The van der Waals surface area contributed by atoms with Crippen LogP contribution in [0.5, 0.6) is 0 Å². The maximum atomic E-state index is 11.5. The van der Waals surface area contributed by atoms with Gasteiger partial charge >= 0.3 is 5.97 Å². The maximum Gasteiger partial charge on any atom is 0.304 e. The second-order valence-electron chi connectivity index (χ2n) is 7.28. The average Bonchev–Trinajstić information content (AvgIpc) is 2.99. The predicted molar refractivity (Wildman–Crippen MR) is 98.6 cm³/mol. The molecule has 3 fully saturated rings. The standard InChI is InChI=1S/C20H26O5S/c1-14(21)23-19-18(26-13-15-8-4-2-5-9-15)17-16(12-22-19)24-20(25-17)10-6-3-7-11-20/h2,4-5,8-9,16-19H,3,6-7,10-13H2,1H3/t16-,17+,18-,19+/m1/s1. The lowest BCUT2D eigenvalue weighted by atomic mass is 9.94. The molecule has 6 heteroatoms. The van der Waals surface area contributed by atoms with E-state index in [-0.39, 0.29) is 23.4 Å². The fraction of sp³-hybridized carbons (Fsp3) is 0.650. The second kappa shape index (κ2) is 7.89. The number of benzene rings is 1. The highest BCUT2D eigenvalue weighted by Gasteiger charge is 2.55. The van der Waals surface area contributed by atoms with Crippen molar-refractivity contribution in [3.05, 3.63) is 35.9 Å². The molecule has 4 atom stereocenters. The van der Waals surface area contributed by atoms with Crippen LogP contribution in [-0.2, 0) is 29.5 Å². The number of carbonyl (C=O) groups is 1. The Bertz CT molecular complexity index is 616. The van der Waals surface area contributed by atoms with E-state index in [1.807, 2.05) is 18.2 Å². The summed E-state index contributed by atoms with van der Waals surface area (Å²) in [7, 11) is 0. The summed E-state index contributed by atoms with van der Waals surface area (Å²) in [6.07, 6.45) is 4.59. The number of ether oxygens (including phenoxy) is 4. The van der Waals surface area contributed by atoms with E-state index in [0.717, 1.165) is 31.4 Å². The Morgan fingerprint density at radius 3 is 2.69 bits per heavy atom. The minimum atomic E-state index is -0.593. The molecule has 1 spiro atoms. The van der Waals surface area contributed by atoms with Crippen molar-refractivity contribution in [3.8, 4) is 0 Å². The highest BCUT2D eigenvalue weighted by atomic mass is 32.2. The van der Waals surface area contributed by atoms with Crippen LogP contribution >= 0.6 is 11.8 Å². The Kier molecular flexibility index (Phi) is 5.55. The van der Waals surface area contributed by atoms with Gasteiger partial charge in [0.05, 0.1) is 11.9 Å². The minimum absolute atomic E-state index is 0.0896. The first-order valence-corrected chi connectivity index (χ1v) is 10.5. The zero-order valence-electron chi connectivity index (χ0n) is 15.1. The number of hydrogen-bond acceptors (Lipinski definition) is 6. The van der Waals surface area contributed by atoms with Crippen LogP contribution in [0, 0.1) is 0 Å². The molecule has 2 heterocycles. The molecular formula is C20H26O5S. The Labute approximate surface area is 158 Å². The predicted octanol–water partition coefficient (Wildman–Crippen LogP) is 3.65. The van der Waals surface area contributed by atoms with Crippen LogP contribution < -0.4 is 0 Å². The first kappa shape index (κ1) is 18.3. The van der Waals surface area contributed by atoms with Gasteiger partial charge in [0.25, 0.3) is 0 Å². The van der Waals surface area contributed by atoms with Crippen molar-refractivity contribution in [1.82, 2.24) is 0 Å². The van der Waals surface area contributed by atoms with Crippen LogP contribution in [0.1, 0.15) is 44.6 Å². The van der Waals surface area contributed by atoms with Crippen molar-refractivity contribution in [2.45, 2.75) is 74.3 Å². The van der Waals surface area contributed by atoms with Crippen LogP contribution in [0.2, 0.25) is 0 Å². The van der Waals surface area contributed by atoms with Crippen molar-refractivity contribution < 1.29 is 23.7 Å². The second-order valence-corrected chi connectivity index (χ2v) is 8.45. The Hall–Kier alpha value is -1.08. The first-order chi connectivity index (χ1) is 12.7.